The lowest BCUT2D eigenvalue weighted by atomic mass is 10.0. The van der Waals surface area contributed by atoms with Gasteiger partial charge in [0.25, 0.3) is 5.56 Å². The minimum Gasteiger partial charge on any atom is -0.497 e. The van der Waals surface area contributed by atoms with E-state index in [1.54, 1.807) is 11.8 Å². The zero-order chi connectivity index (χ0) is 22.8. The highest BCUT2D eigenvalue weighted by molar-refractivity contribution is 5.79. The van der Waals surface area contributed by atoms with Crippen molar-refractivity contribution in [1.29, 1.82) is 0 Å². The van der Waals surface area contributed by atoms with Crippen molar-refractivity contribution >= 4 is 10.9 Å². The number of ether oxygens (including phenoxy) is 2. The summed E-state index contributed by atoms with van der Waals surface area (Å²) in [5.74, 6) is 1.42. The molecule has 1 fully saturated rings. The van der Waals surface area contributed by atoms with Gasteiger partial charge >= 0.3 is 0 Å². The van der Waals surface area contributed by atoms with E-state index in [1.807, 2.05) is 49.4 Å². The third-order valence-corrected chi connectivity index (χ3v) is 6.03. The van der Waals surface area contributed by atoms with Gasteiger partial charge in [-0.3, -0.25) is 9.69 Å². The van der Waals surface area contributed by atoms with E-state index >= 15 is 0 Å². The van der Waals surface area contributed by atoms with Gasteiger partial charge in [0, 0.05) is 24.2 Å². The van der Waals surface area contributed by atoms with E-state index in [0.29, 0.717) is 44.2 Å². The molecular formula is C24H26N6O3. The van der Waals surface area contributed by atoms with Crippen LogP contribution in [-0.4, -0.2) is 63.5 Å². The number of hydrogen-bond acceptors (Lipinski definition) is 7. The Morgan fingerprint density at radius 2 is 1.91 bits per heavy atom. The molecule has 1 aliphatic heterocycles. The number of hydrogen-bond donors (Lipinski definition) is 1. The number of tetrazole rings is 1. The van der Waals surface area contributed by atoms with Gasteiger partial charge in [-0.25, -0.2) is 4.68 Å². The molecule has 0 radical (unpaired) electrons. The number of methoxy groups -OCH3 is 1. The molecule has 9 nitrogen and oxygen atoms in total. The van der Waals surface area contributed by atoms with E-state index in [0.717, 1.165) is 27.8 Å². The van der Waals surface area contributed by atoms with Crippen LogP contribution < -0.4 is 10.3 Å². The summed E-state index contributed by atoms with van der Waals surface area (Å²) < 4.78 is 12.6. The lowest BCUT2D eigenvalue weighted by Gasteiger charge is -2.33. The van der Waals surface area contributed by atoms with E-state index in [-0.39, 0.29) is 5.56 Å². The van der Waals surface area contributed by atoms with Gasteiger partial charge in [0.1, 0.15) is 11.8 Å². The molecule has 2 aromatic carbocycles. The Balaban J connectivity index is 1.58. The van der Waals surface area contributed by atoms with Crippen molar-refractivity contribution in [1.82, 2.24) is 30.1 Å². The topological polar surface area (TPSA) is 98.2 Å². The number of aryl methyl sites for hydroxylation is 1. The average molecular weight is 447 g/mol. The van der Waals surface area contributed by atoms with Gasteiger partial charge in [0.2, 0.25) is 0 Å². The SMILES string of the molecule is COc1ccc(Cn2nnnc2[C@@H](c2cc3cc(C)ccc3[nH]c2=O)N2CCOCC2)cc1. The number of pyridine rings is 1. The Bertz CT molecular complexity index is 1310. The first-order chi connectivity index (χ1) is 16.1. The van der Waals surface area contributed by atoms with Gasteiger partial charge in [0.05, 0.1) is 26.9 Å². The van der Waals surface area contributed by atoms with Crippen LogP contribution in [-0.2, 0) is 11.3 Å². The van der Waals surface area contributed by atoms with E-state index in [4.69, 9.17) is 9.47 Å². The fourth-order valence-electron chi connectivity index (χ4n) is 4.30. The van der Waals surface area contributed by atoms with Gasteiger partial charge in [0.15, 0.2) is 5.82 Å². The number of rotatable bonds is 6. The fraction of sp³-hybridized carbons (Fsp3) is 0.333. The summed E-state index contributed by atoms with van der Waals surface area (Å²) in [5.41, 5.74) is 3.47. The second-order valence-corrected chi connectivity index (χ2v) is 8.24. The van der Waals surface area contributed by atoms with Gasteiger partial charge in [-0.05, 0) is 58.6 Å². The summed E-state index contributed by atoms with van der Waals surface area (Å²) in [6, 6.07) is 15.4. The van der Waals surface area contributed by atoms with E-state index in [2.05, 4.69) is 31.5 Å². The van der Waals surface area contributed by atoms with E-state index < -0.39 is 6.04 Å². The van der Waals surface area contributed by atoms with Crippen LogP contribution in [0, 0.1) is 6.92 Å². The minimum atomic E-state index is -0.393. The summed E-state index contributed by atoms with van der Waals surface area (Å²) in [4.78, 5) is 18.5. The smallest absolute Gasteiger partial charge is 0.253 e. The first-order valence-corrected chi connectivity index (χ1v) is 11.0. The predicted molar refractivity (Wildman–Crippen MR) is 123 cm³/mol. The summed E-state index contributed by atoms with van der Waals surface area (Å²) >= 11 is 0. The largest absolute Gasteiger partial charge is 0.497 e. The third kappa shape index (κ3) is 4.37. The molecule has 3 heterocycles. The second kappa shape index (κ2) is 9.13. The van der Waals surface area contributed by atoms with Crippen LogP contribution >= 0.6 is 0 Å². The number of nitrogens with one attached hydrogen (secondary N) is 1. The highest BCUT2D eigenvalue weighted by Crippen LogP contribution is 2.28. The molecular weight excluding hydrogens is 420 g/mol. The first kappa shape index (κ1) is 21.3. The van der Waals surface area contributed by atoms with Crippen molar-refractivity contribution in [3.8, 4) is 5.75 Å². The van der Waals surface area contributed by atoms with E-state index in [9.17, 15) is 4.79 Å². The fourth-order valence-corrected chi connectivity index (χ4v) is 4.30. The maximum Gasteiger partial charge on any atom is 0.253 e. The van der Waals surface area contributed by atoms with Crippen molar-refractivity contribution in [3.63, 3.8) is 0 Å². The molecule has 1 aliphatic rings. The second-order valence-electron chi connectivity index (χ2n) is 8.24. The lowest BCUT2D eigenvalue weighted by Crippen LogP contribution is -2.42. The Hall–Kier alpha value is -3.56. The summed E-state index contributed by atoms with van der Waals surface area (Å²) in [7, 11) is 1.64. The van der Waals surface area contributed by atoms with Gasteiger partial charge in [-0.1, -0.05) is 23.8 Å². The van der Waals surface area contributed by atoms with Crippen molar-refractivity contribution in [2.24, 2.45) is 0 Å². The highest BCUT2D eigenvalue weighted by atomic mass is 16.5. The van der Waals surface area contributed by atoms with Gasteiger partial charge < -0.3 is 14.5 Å². The quantitative estimate of drug-likeness (QED) is 0.485. The molecule has 9 heteroatoms. The first-order valence-electron chi connectivity index (χ1n) is 11.0. The predicted octanol–water partition coefficient (Wildman–Crippen LogP) is 2.30. The van der Waals surface area contributed by atoms with Gasteiger partial charge in [-0.2, -0.15) is 0 Å². The molecule has 4 aromatic rings. The monoisotopic (exact) mass is 446 g/mol. The number of H-pyrrole nitrogens is 1. The highest BCUT2D eigenvalue weighted by Gasteiger charge is 2.31. The molecule has 33 heavy (non-hydrogen) atoms. The molecule has 1 atom stereocenters. The zero-order valence-corrected chi connectivity index (χ0v) is 18.7. The molecule has 0 bridgehead atoms. The standard InChI is InChI=1S/C24H26N6O3/c1-16-3-8-21-18(13-16)14-20(24(31)25-21)22(29-9-11-33-12-10-29)23-26-27-28-30(23)15-17-4-6-19(32-2)7-5-17/h3-8,13-14,22H,9-12,15H2,1-2H3,(H,25,31)/t22-/m1/s1. The number of fused-ring (bicyclic) bond motifs is 1. The molecule has 0 aliphatic carbocycles. The number of aromatic amines is 1. The molecule has 170 valence electrons. The maximum atomic E-state index is 13.2. The number of nitrogens with zero attached hydrogens (tertiary/aromatic N) is 5. The molecule has 0 unspecified atom stereocenters. The van der Waals surface area contributed by atoms with E-state index in [1.165, 1.54) is 0 Å². The summed E-state index contributed by atoms with van der Waals surface area (Å²) in [5, 5.41) is 13.6. The molecule has 2 aromatic heterocycles. The Morgan fingerprint density at radius 1 is 1.12 bits per heavy atom. The number of benzene rings is 2. The Labute approximate surface area is 190 Å². The summed E-state index contributed by atoms with van der Waals surface area (Å²) in [6.45, 7) is 5.09. The molecule has 0 saturated carbocycles. The van der Waals surface area contributed by atoms with Crippen LogP contribution in [0.25, 0.3) is 10.9 Å². The molecule has 0 amide bonds. The zero-order valence-electron chi connectivity index (χ0n) is 18.7. The molecule has 5 rings (SSSR count). The van der Waals surface area contributed by atoms with Crippen LogP contribution in [0.4, 0.5) is 0 Å². The maximum absolute atomic E-state index is 13.2. The number of aromatic nitrogens is 5. The van der Waals surface area contributed by atoms with Crippen LogP contribution in [0.15, 0.2) is 53.3 Å². The van der Waals surface area contributed by atoms with Crippen LogP contribution in [0.5, 0.6) is 5.75 Å². The molecule has 0 spiro atoms. The van der Waals surface area contributed by atoms with Gasteiger partial charge in [-0.15, -0.1) is 5.10 Å². The Kier molecular flexibility index (Phi) is 5.89. The van der Waals surface area contributed by atoms with Crippen molar-refractivity contribution < 1.29 is 9.47 Å². The normalized spacial score (nSPS) is 15.6. The van der Waals surface area contributed by atoms with Crippen LogP contribution in [0.2, 0.25) is 0 Å². The average Bonchev–Trinajstić information content (AvgIpc) is 3.28. The van der Waals surface area contributed by atoms with Crippen LogP contribution in [0.3, 0.4) is 0 Å². The van der Waals surface area contributed by atoms with Crippen molar-refractivity contribution in [2.75, 3.05) is 33.4 Å². The Morgan fingerprint density at radius 3 is 2.67 bits per heavy atom. The lowest BCUT2D eigenvalue weighted by molar-refractivity contribution is 0.0214. The third-order valence-electron chi connectivity index (χ3n) is 6.03. The molecule has 1 saturated heterocycles. The van der Waals surface area contributed by atoms with Crippen LogP contribution in [0.1, 0.15) is 28.6 Å². The van der Waals surface area contributed by atoms with Crippen molar-refractivity contribution in [3.05, 3.63) is 81.4 Å². The van der Waals surface area contributed by atoms with Crippen molar-refractivity contribution in [2.45, 2.75) is 19.5 Å². The summed E-state index contributed by atoms with van der Waals surface area (Å²) in [6.07, 6.45) is 0. The minimum absolute atomic E-state index is 0.137. The molecule has 1 N–H and O–H groups in total. The number of morpholine rings is 1.